The Morgan fingerprint density at radius 1 is 1.13 bits per heavy atom. The fraction of sp³-hybridized carbons (Fsp3) is 0.450. The molecule has 1 heterocycles. The van der Waals surface area contributed by atoms with Crippen LogP contribution in [0.4, 0.5) is 0 Å². The van der Waals surface area contributed by atoms with Gasteiger partial charge in [-0.25, -0.2) is 0 Å². The Kier molecular flexibility index (Phi) is 4.67. The number of nitrogens with one attached hydrogen (secondary N) is 1. The van der Waals surface area contributed by atoms with Crippen molar-refractivity contribution in [3.8, 4) is 0 Å². The zero-order valence-electron chi connectivity index (χ0n) is 14.0. The van der Waals surface area contributed by atoms with Crippen molar-refractivity contribution in [2.45, 2.75) is 38.7 Å². The molecule has 0 amide bonds. The number of hydrogen-bond acceptors (Lipinski definition) is 3. The molecule has 0 saturated carbocycles. The van der Waals surface area contributed by atoms with Gasteiger partial charge in [-0.15, -0.1) is 0 Å². The monoisotopic (exact) mass is 311 g/mol. The topological polar surface area (TPSA) is 38.3 Å². The molecule has 3 nitrogen and oxygen atoms in total. The molecule has 0 unspecified atom stereocenters. The van der Waals surface area contributed by atoms with Gasteiger partial charge in [0, 0.05) is 5.92 Å². The van der Waals surface area contributed by atoms with Gasteiger partial charge in [-0.1, -0.05) is 42.5 Å². The van der Waals surface area contributed by atoms with Gasteiger partial charge in [0.1, 0.15) is 5.60 Å². The summed E-state index contributed by atoms with van der Waals surface area (Å²) in [5.41, 5.74) is 0.637. The zero-order valence-corrected chi connectivity index (χ0v) is 14.0. The van der Waals surface area contributed by atoms with Crippen LogP contribution in [0.2, 0.25) is 0 Å². The van der Waals surface area contributed by atoms with E-state index in [0.29, 0.717) is 12.3 Å². The Hall–Kier alpha value is -1.87. The summed E-state index contributed by atoms with van der Waals surface area (Å²) in [6.45, 7) is 6.11. The van der Waals surface area contributed by atoms with Crippen molar-refractivity contribution in [2.24, 2.45) is 5.92 Å². The predicted molar refractivity (Wildman–Crippen MR) is 93.4 cm³/mol. The quantitative estimate of drug-likeness (QED) is 0.875. The first kappa shape index (κ1) is 16.0. The predicted octanol–water partition coefficient (Wildman–Crippen LogP) is 3.70. The number of esters is 1. The highest BCUT2D eigenvalue weighted by Gasteiger charge is 2.34. The number of piperidine rings is 1. The summed E-state index contributed by atoms with van der Waals surface area (Å²) in [7, 11) is 0. The second-order valence-electron chi connectivity index (χ2n) is 6.92. The number of rotatable bonds is 4. The summed E-state index contributed by atoms with van der Waals surface area (Å²) in [5, 5.41) is 5.65. The smallest absolute Gasteiger partial charge is 0.310 e. The maximum absolute atomic E-state index is 12.5. The maximum atomic E-state index is 12.5. The first-order valence-corrected chi connectivity index (χ1v) is 8.45. The van der Waals surface area contributed by atoms with E-state index in [4.69, 9.17) is 4.74 Å². The average molecular weight is 311 g/mol. The highest BCUT2D eigenvalue weighted by atomic mass is 16.6. The molecule has 2 aromatic carbocycles. The molecule has 0 radical (unpaired) electrons. The molecule has 0 aromatic heterocycles. The van der Waals surface area contributed by atoms with E-state index in [1.165, 1.54) is 0 Å². The third kappa shape index (κ3) is 3.73. The summed E-state index contributed by atoms with van der Waals surface area (Å²) >= 11 is 0. The highest BCUT2D eigenvalue weighted by Crippen LogP contribution is 2.29. The minimum Gasteiger partial charge on any atom is -0.459 e. The molecule has 23 heavy (non-hydrogen) atoms. The Morgan fingerprint density at radius 2 is 1.83 bits per heavy atom. The van der Waals surface area contributed by atoms with Crippen molar-refractivity contribution in [1.82, 2.24) is 5.32 Å². The van der Waals surface area contributed by atoms with E-state index < -0.39 is 5.60 Å². The largest absolute Gasteiger partial charge is 0.459 e. The van der Waals surface area contributed by atoms with Crippen molar-refractivity contribution >= 4 is 16.7 Å². The van der Waals surface area contributed by atoms with E-state index in [2.05, 4.69) is 23.5 Å². The van der Waals surface area contributed by atoms with Gasteiger partial charge in [0.05, 0.1) is 6.42 Å². The van der Waals surface area contributed by atoms with E-state index in [0.717, 1.165) is 42.3 Å². The van der Waals surface area contributed by atoms with Crippen molar-refractivity contribution in [2.75, 3.05) is 13.1 Å². The molecule has 122 valence electrons. The molecule has 1 N–H and O–H groups in total. The van der Waals surface area contributed by atoms with Gasteiger partial charge in [0.2, 0.25) is 0 Å². The van der Waals surface area contributed by atoms with Gasteiger partial charge in [-0.05, 0) is 56.1 Å². The summed E-state index contributed by atoms with van der Waals surface area (Å²) in [6.07, 6.45) is 2.46. The molecule has 1 fully saturated rings. The molecule has 1 saturated heterocycles. The zero-order chi connectivity index (χ0) is 16.3. The Labute approximate surface area is 138 Å². The van der Waals surface area contributed by atoms with Gasteiger partial charge in [0.25, 0.3) is 0 Å². The van der Waals surface area contributed by atoms with E-state index in [-0.39, 0.29) is 5.97 Å². The Morgan fingerprint density at radius 3 is 2.61 bits per heavy atom. The van der Waals surface area contributed by atoms with Crippen LogP contribution in [0.5, 0.6) is 0 Å². The van der Waals surface area contributed by atoms with Crippen LogP contribution in [-0.2, 0) is 16.0 Å². The molecule has 0 atom stereocenters. The second-order valence-corrected chi connectivity index (χ2v) is 6.92. The maximum Gasteiger partial charge on any atom is 0.310 e. The lowest BCUT2D eigenvalue weighted by Gasteiger charge is -2.36. The summed E-state index contributed by atoms with van der Waals surface area (Å²) in [6, 6.07) is 14.3. The van der Waals surface area contributed by atoms with Gasteiger partial charge in [-0.2, -0.15) is 0 Å². The summed E-state index contributed by atoms with van der Waals surface area (Å²) in [4.78, 5) is 12.5. The Balaban J connectivity index is 1.71. The average Bonchev–Trinajstić information content (AvgIpc) is 2.55. The van der Waals surface area contributed by atoms with Crippen LogP contribution in [0.25, 0.3) is 10.8 Å². The van der Waals surface area contributed by atoms with Crippen LogP contribution in [0.3, 0.4) is 0 Å². The molecular weight excluding hydrogens is 286 g/mol. The van der Waals surface area contributed by atoms with Crippen molar-refractivity contribution in [3.63, 3.8) is 0 Å². The number of ether oxygens (including phenoxy) is 1. The SMILES string of the molecule is CC(C)(OC(=O)Cc1cccc2ccccc12)C1CCNCC1. The van der Waals surface area contributed by atoms with Gasteiger partial charge >= 0.3 is 5.97 Å². The van der Waals surface area contributed by atoms with Crippen molar-refractivity contribution in [3.05, 3.63) is 48.0 Å². The van der Waals surface area contributed by atoms with E-state index >= 15 is 0 Å². The normalized spacial score (nSPS) is 16.4. The third-order valence-corrected chi connectivity index (χ3v) is 4.91. The van der Waals surface area contributed by atoms with E-state index in [9.17, 15) is 4.79 Å². The minimum absolute atomic E-state index is 0.134. The standard InChI is InChI=1S/C20H25NO2/c1-20(2,17-10-12-21-13-11-17)23-19(22)14-16-8-5-7-15-6-3-4-9-18(15)16/h3-9,17,21H,10-14H2,1-2H3. The second kappa shape index (κ2) is 6.71. The number of benzene rings is 2. The van der Waals surface area contributed by atoms with E-state index in [1.54, 1.807) is 0 Å². The molecular formula is C20H25NO2. The first-order valence-electron chi connectivity index (χ1n) is 8.45. The molecule has 3 rings (SSSR count). The van der Waals surface area contributed by atoms with E-state index in [1.807, 2.05) is 38.1 Å². The fourth-order valence-electron chi connectivity index (χ4n) is 3.53. The van der Waals surface area contributed by atoms with Gasteiger partial charge in [0.15, 0.2) is 0 Å². The summed E-state index contributed by atoms with van der Waals surface area (Å²) < 4.78 is 5.86. The number of carbonyl (C=O) groups excluding carboxylic acids is 1. The lowest BCUT2D eigenvalue weighted by Crippen LogP contribution is -2.43. The molecule has 0 spiro atoms. The molecule has 0 bridgehead atoms. The fourth-order valence-corrected chi connectivity index (χ4v) is 3.53. The van der Waals surface area contributed by atoms with Crippen LogP contribution < -0.4 is 5.32 Å². The van der Waals surface area contributed by atoms with Crippen LogP contribution in [-0.4, -0.2) is 24.7 Å². The third-order valence-electron chi connectivity index (χ3n) is 4.91. The van der Waals surface area contributed by atoms with Crippen LogP contribution >= 0.6 is 0 Å². The van der Waals surface area contributed by atoms with Crippen molar-refractivity contribution < 1.29 is 9.53 Å². The number of hydrogen-bond donors (Lipinski definition) is 1. The molecule has 0 aliphatic carbocycles. The minimum atomic E-state index is -0.399. The first-order chi connectivity index (χ1) is 11.1. The van der Waals surface area contributed by atoms with Gasteiger partial charge in [-0.3, -0.25) is 4.79 Å². The molecule has 3 heteroatoms. The number of carbonyl (C=O) groups is 1. The highest BCUT2D eigenvalue weighted by molar-refractivity contribution is 5.89. The molecule has 2 aromatic rings. The van der Waals surface area contributed by atoms with Gasteiger partial charge < -0.3 is 10.1 Å². The van der Waals surface area contributed by atoms with Crippen LogP contribution in [0.15, 0.2) is 42.5 Å². The summed E-state index contributed by atoms with van der Waals surface area (Å²) in [5.74, 6) is 0.296. The van der Waals surface area contributed by atoms with Crippen LogP contribution in [0.1, 0.15) is 32.3 Å². The number of fused-ring (bicyclic) bond motifs is 1. The Bertz CT molecular complexity index is 682. The van der Waals surface area contributed by atoms with Crippen molar-refractivity contribution in [1.29, 1.82) is 0 Å². The molecule has 1 aliphatic heterocycles. The molecule has 1 aliphatic rings. The van der Waals surface area contributed by atoms with Crippen LogP contribution in [0, 0.1) is 5.92 Å². The lowest BCUT2D eigenvalue weighted by atomic mass is 9.83. The lowest BCUT2D eigenvalue weighted by molar-refractivity contribution is -0.161.